The van der Waals surface area contributed by atoms with Crippen molar-refractivity contribution in [3.8, 4) is 0 Å². The zero-order chi connectivity index (χ0) is 26.8. The van der Waals surface area contributed by atoms with Gasteiger partial charge in [-0.15, -0.1) is 0 Å². The molecule has 11 nitrogen and oxygen atoms in total. The van der Waals surface area contributed by atoms with Crippen LogP contribution in [-0.2, 0) is 10.5 Å². The minimum absolute atomic E-state index is 0.156. The van der Waals surface area contributed by atoms with Crippen LogP contribution in [0.4, 0.5) is 11.4 Å². The van der Waals surface area contributed by atoms with E-state index in [1.54, 1.807) is 6.92 Å². The number of hydrogen-bond acceptors (Lipinski definition) is 8. The highest BCUT2D eigenvalue weighted by atomic mass is 32.2. The second kappa shape index (κ2) is 12.9. The number of benzene rings is 3. The number of carbonyl (C=O) groups is 2. The fourth-order valence-electron chi connectivity index (χ4n) is 3.19. The summed E-state index contributed by atoms with van der Waals surface area (Å²) in [6.07, 6.45) is 0. The summed E-state index contributed by atoms with van der Waals surface area (Å²) in [7, 11) is 0. The van der Waals surface area contributed by atoms with Crippen molar-refractivity contribution in [1.29, 1.82) is 0 Å². The highest BCUT2D eigenvalue weighted by Gasteiger charge is 2.25. The van der Waals surface area contributed by atoms with E-state index in [9.17, 15) is 29.8 Å². The largest absolute Gasteiger partial charge is 0.339 e. The summed E-state index contributed by atoms with van der Waals surface area (Å²) in [5, 5.41) is 29.0. The van der Waals surface area contributed by atoms with Crippen molar-refractivity contribution in [1.82, 2.24) is 10.7 Å². The van der Waals surface area contributed by atoms with Gasteiger partial charge in [-0.3, -0.25) is 29.8 Å². The number of hydrogen-bond donors (Lipinski definition) is 2. The Kier molecular flexibility index (Phi) is 9.44. The molecular formula is C25H23N5O6S. The van der Waals surface area contributed by atoms with E-state index in [1.165, 1.54) is 11.8 Å². The van der Waals surface area contributed by atoms with Gasteiger partial charge in [0, 0.05) is 23.6 Å². The molecule has 0 heterocycles. The van der Waals surface area contributed by atoms with Gasteiger partial charge in [0.2, 0.25) is 0 Å². The Balaban J connectivity index is 1.79. The molecule has 12 heteroatoms. The Bertz CT molecular complexity index is 1290. The lowest BCUT2D eigenvalue weighted by atomic mass is 10.1. The molecule has 0 aliphatic rings. The van der Waals surface area contributed by atoms with E-state index in [1.807, 2.05) is 60.7 Å². The topological polar surface area (TPSA) is 157 Å². The van der Waals surface area contributed by atoms with Gasteiger partial charge in [0.15, 0.2) is 0 Å². The third kappa shape index (κ3) is 7.97. The first kappa shape index (κ1) is 27.0. The minimum atomic E-state index is -1.08. The highest BCUT2D eigenvalue weighted by molar-refractivity contribution is 7.98. The van der Waals surface area contributed by atoms with E-state index >= 15 is 0 Å². The van der Waals surface area contributed by atoms with Gasteiger partial charge < -0.3 is 5.32 Å². The number of amides is 2. The fraction of sp³-hybridized carbons (Fsp3) is 0.160. The van der Waals surface area contributed by atoms with E-state index in [-0.39, 0.29) is 11.3 Å². The number of nitro benzene ring substituents is 2. The Hall–Kier alpha value is -4.58. The first-order valence-corrected chi connectivity index (χ1v) is 12.2. The normalized spacial score (nSPS) is 11.9. The average Bonchev–Trinajstić information content (AvgIpc) is 2.91. The predicted octanol–water partition coefficient (Wildman–Crippen LogP) is 4.08. The van der Waals surface area contributed by atoms with Crippen molar-refractivity contribution in [3.63, 3.8) is 0 Å². The Morgan fingerprint density at radius 3 is 2.03 bits per heavy atom. The van der Waals surface area contributed by atoms with Gasteiger partial charge in [0.25, 0.3) is 23.2 Å². The molecule has 3 rings (SSSR count). The summed E-state index contributed by atoms with van der Waals surface area (Å²) in [5.41, 5.74) is 3.28. The van der Waals surface area contributed by atoms with Gasteiger partial charge in [-0.05, 0) is 18.1 Å². The molecule has 3 aromatic rings. The molecular weight excluding hydrogens is 498 g/mol. The predicted molar refractivity (Wildman–Crippen MR) is 140 cm³/mol. The van der Waals surface area contributed by atoms with E-state index in [4.69, 9.17) is 0 Å². The molecule has 0 aromatic heterocycles. The second-order valence-corrected chi connectivity index (χ2v) is 8.85. The maximum Gasteiger partial charge on any atom is 0.277 e. The molecule has 3 aromatic carbocycles. The second-order valence-electron chi connectivity index (χ2n) is 7.82. The molecule has 0 aliphatic carbocycles. The van der Waals surface area contributed by atoms with Crippen LogP contribution in [0.25, 0.3) is 0 Å². The van der Waals surface area contributed by atoms with Crippen molar-refractivity contribution in [2.45, 2.75) is 18.7 Å². The Morgan fingerprint density at radius 1 is 0.892 bits per heavy atom. The number of nitrogens with one attached hydrogen (secondary N) is 2. The van der Waals surface area contributed by atoms with E-state index in [0.29, 0.717) is 11.5 Å². The van der Waals surface area contributed by atoms with E-state index < -0.39 is 39.1 Å². The minimum Gasteiger partial charge on any atom is -0.339 e. The van der Waals surface area contributed by atoms with Gasteiger partial charge in [-0.25, -0.2) is 5.43 Å². The Morgan fingerprint density at radius 2 is 1.46 bits per heavy atom. The van der Waals surface area contributed by atoms with Crippen LogP contribution >= 0.6 is 11.8 Å². The number of nitro groups is 2. The lowest BCUT2D eigenvalue weighted by Gasteiger charge is -2.17. The number of carbonyl (C=O) groups excluding carboxylic acids is 2. The monoisotopic (exact) mass is 521 g/mol. The van der Waals surface area contributed by atoms with Gasteiger partial charge in [-0.1, -0.05) is 60.7 Å². The maximum absolute atomic E-state index is 13.0. The van der Waals surface area contributed by atoms with E-state index in [2.05, 4.69) is 15.8 Å². The molecule has 37 heavy (non-hydrogen) atoms. The summed E-state index contributed by atoms with van der Waals surface area (Å²) in [5.74, 6) is -0.751. The first-order chi connectivity index (χ1) is 17.7. The molecule has 1 atom stereocenters. The SMILES string of the molecule is C/C(=N/NC(=O)[C@H](CSCc1ccccc1)NC(=O)c1cc([N+](=O)[O-])cc([N+](=O)[O-])c1)c1ccccc1. The van der Waals surface area contributed by atoms with Crippen molar-refractivity contribution >= 4 is 40.7 Å². The summed E-state index contributed by atoms with van der Waals surface area (Å²) in [6, 6.07) is 20.2. The van der Waals surface area contributed by atoms with Crippen LogP contribution in [0.2, 0.25) is 0 Å². The first-order valence-electron chi connectivity index (χ1n) is 11.0. The zero-order valence-electron chi connectivity index (χ0n) is 19.7. The van der Waals surface area contributed by atoms with Crippen LogP contribution < -0.4 is 10.7 Å². The molecule has 0 fully saturated rings. The van der Waals surface area contributed by atoms with E-state index in [0.717, 1.165) is 29.3 Å². The van der Waals surface area contributed by atoms with Crippen molar-refractivity contribution in [3.05, 3.63) is 116 Å². The Labute approximate surface area is 216 Å². The molecule has 0 spiro atoms. The molecule has 2 N–H and O–H groups in total. The number of nitrogens with zero attached hydrogens (tertiary/aromatic N) is 3. The lowest BCUT2D eigenvalue weighted by Crippen LogP contribution is -2.47. The number of hydrazone groups is 1. The average molecular weight is 522 g/mol. The highest BCUT2D eigenvalue weighted by Crippen LogP contribution is 2.23. The lowest BCUT2D eigenvalue weighted by molar-refractivity contribution is -0.394. The molecule has 0 saturated heterocycles. The third-order valence-electron chi connectivity index (χ3n) is 5.13. The van der Waals surface area contributed by atoms with Crippen molar-refractivity contribution < 1.29 is 19.4 Å². The fourth-order valence-corrected chi connectivity index (χ4v) is 4.21. The summed E-state index contributed by atoms with van der Waals surface area (Å²) >= 11 is 1.39. The zero-order valence-corrected chi connectivity index (χ0v) is 20.5. The number of thioether (sulfide) groups is 1. The van der Waals surface area contributed by atoms with Gasteiger partial charge in [0.1, 0.15) is 6.04 Å². The number of rotatable bonds is 11. The van der Waals surface area contributed by atoms with Crippen molar-refractivity contribution in [2.24, 2.45) is 5.10 Å². The van der Waals surface area contributed by atoms with Crippen LogP contribution in [-0.4, -0.2) is 39.2 Å². The van der Waals surface area contributed by atoms with Crippen LogP contribution in [0, 0.1) is 20.2 Å². The van der Waals surface area contributed by atoms with Crippen LogP contribution in [0.15, 0.2) is 84.0 Å². The molecule has 0 aliphatic heterocycles. The molecule has 2 amide bonds. The summed E-state index contributed by atoms with van der Waals surface area (Å²) in [4.78, 5) is 46.6. The smallest absolute Gasteiger partial charge is 0.277 e. The molecule has 0 radical (unpaired) electrons. The quantitative estimate of drug-likeness (QED) is 0.219. The summed E-state index contributed by atoms with van der Waals surface area (Å²) < 4.78 is 0. The van der Waals surface area contributed by atoms with Gasteiger partial charge in [-0.2, -0.15) is 16.9 Å². The van der Waals surface area contributed by atoms with Crippen LogP contribution in [0.1, 0.15) is 28.4 Å². The standard InChI is InChI=1S/C25H23N5O6S/c1-17(19-10-6-3-7-11-19)27-28-25(32)23(16-37-15-18-8-4-2-5-9-18)26-24(31)20-12-21(29(33)34)14-22(13-20)30(35)36/h2-14,23H,15-16H2,1H3,(H,26,31)(H,28,32)/b27-17-/t23-/m0/s1. The van der Waals surface area contributed by atoms with Crippen LogP contribution in [0.3, 0.4) is 0 Å². The van der Waals surface area contributed by atoms with Crippen molar-refractivity contribution in [2.75, 3.05) is 5.75 Å². The molecule has 190 valence electrons. The number of non-ortho nitro benzene ring substituents is 2. The van der Waals surface area contributed by atoms with Crippen LogP contribution in [0.5, 0.6) is 0 Å². The maximum atomic E-state index is 13.0. The molecule has 0 saturated carbocycles. The van der Waals surface area contributed by atoms with Gasteiger partial charge in [0.05, 0.1) is 27.2 Å². The molecule has 0 unspecified atom stereocenters. The molecule has 0 bridgehead atoms. The van der Waals surface area contributed by atoms with Gasteiger partial charge >= 0.3 is 0 Å². The summed E-state index contributed by atoms with van der Waals surface area (Å²) in [6.45, 7) is 1.72. The third-order valence-corrected chi connectivity index (χ3v) is 6.24.